The van der Waals surface area contributed by atoms with Crippen LogP contribution in [0.25, 0.3) is 11.1 Å². The molecule has 0 spiro atoms. The molecular weight excluding hydrogens is 442 g/mol. The van der Waals surface area contributed by atoms with Crippen LogP contribution in [0.1, 0.15) is 28.3 Å². The Morgan fingerprint density at radius 2 is 1.57 bits per heavy atom. The lowest BCUT2D eigenvalue weighted by atomic mass is 9.98. The Kier molecular flexibility index (Phi) is 6.30. The molecule has 0 unspecified atom stereocenters. The average molecular weight is 468 g/mol. The molecule has 4 aromatic rings. The van der Waals surface area contributed by atoms with Gasteiger partial charge in [-0.05, 0) is 27.8 Å². The number of fused-ring (bicyclic) bond motifs is 3. The normalized spacial score (nSPS) is 13.0. The van der Waals surface area contributed by atoms with Gasteiger partial charge in [-0.3, -0.25) is 0 Å². The molecule has 35 heavy (non-hydrogen) atoms. The van der Waals surface area contributed by atoms with E-state index in [1.54, 1.807) is 12.5 Å². The Morgan fingerprint density at radius 3 is 2.23 bits per heavy atom. The van der Waals surface area contributed by atoms with E-state index in [0.717, 1.165) is 27.8 Å². The van der Waals surface area contributed by atoms with E-state index in [2.05, 4.69) is 22.4 Å². The van der Waals surface area contributed by atoms with Gasteiger partial charge in [-0.1, -0.05) is 78.9 Å². The molecule has 0 saturated heterocycles. The number of imidazole rings is 1. The number of hydrogen-bond acceptors (Lipinski definition) is 4. The van der Waals surface area contributed by atoms with Gasteiger partial charge in [0.05, 0.1) is 6.33 Å². The molecule has 0 bridgehead atoms. The summed E-state index contributed by atoms with van der Waals surface area (Å²) in [5.74, 6) is -1.23. The van der Waals surface area contributed by atoms with Crippen LogP contribution in [0.4, 0.5) is 4.79 Å². The van der Waals surface area contributed by atoms with Crippen molar-refractivity contribution in [3.63, 3.8) is 0 Å². The van der Waals surface area contributed by atoms with Gasteiger partial charge in [-0.15, -0.1) is 0 Å². The van der Waals surface area contributed by atoms with E-state index in [0.29, 0.717) is 12.2 Å². The quantitative estimate of drug-likeness (QED) is 0.399. The van der Waals surface area contributed by atoms with Crippen LogP contribution in [0.5, 0.6) is 0 Å². The largest absolute Gasteiger partial charge is 0.480 e. The first-order valence-electron chi connectivity index (χ1n) is 11.5. The van der Waals surface area contributed by atoms with Crippen LogP contribution < -0.4 is 5.32 Å². The molecule has 1 aromatic heterocycles. The maximum atomic E-state index is 12.6. The smallest absolute Gasteiger partial charge is 0.407 e. The van der Waals surface area contributed by atoms with E-state index < -0.39 is 18.1 Å². The summed E-state index contributed by atoms with van der Waals surface area (Å²) in [5, 5.41) is 12.3. The molecule has 3 aromatic carbocycles. The van der Waals surface area contributed by atoms with Gasteiger partial charge in [0.1, 0.15) is 12.6 Å². The van der Waals surface area contributed by atoms with Crippen molar-refractivity contribution >= 4 is 12.1 Å². The molecule has 2 N–H and O–H groups in total. The number of nitrogens with zero attached hydrogens (tertiary/aromatic N) is 2. The van der Waals surface area contributed by atoms with Crippen molar-refractivity contribution in [1.82, 2.24) is 14.9 Å². The molecule has 176 valence electrons. The highest BCUT2D eigenvalue weighted by molar-refractivity contribution is 5.81. The molecular formula is C28H25N3O4. The Hall–Kier alpha value is -4.39. The summed E-state index contributed by atoms with van der Waals surface area (Å²) in [6, 6.07) is 24.8. The van der Waals surface area contributed by atoms with Crippen molar-refractivity contribution in [2.45, 2.75) is 24.9 Å². The van der Waals surface area contributed by atoms with Crippen LogP contribution in [-0.4, -0.2) is 39.4 Å². The Bertz CT molecular complexity index is 1300. The number of rotatable bonds is 8. The van der Waals surface area contributed by atoms with E-state index in [4.69, 9.17) is 4.74 Å². The van der Waals surface area contributed by atoms with Gasteiger partial charge in [0.15, 0.2) is 0 Å². The number of carbonyl (C=O) groups excluding carboxylic acids is 1. The summed E-state index contributed by atoms with van der Waals surface area (Å²) in [6.07, 6.45) is 2.62. The minimum absolute atomic E-state index is 0.0896. The minimum atomic E-state index is -1.14. The lowest BCUT2D eigenvalue weighted by Crippen LogP contribution is -2.43. The monoisotopic (exact) mass is 467 g/mol. The van der Waals surface area contributed by atoms with Crippen LogP contribution in [0.2, 0.25) is 0 Å². The highest BCUT2D eigenvalue weighted by Crippen LogP contribution is 2.44. The standard InChI is InChI=1S/C28H25N3O4/c32-27(33)26(14-20-15-29-18-31(20)16-19-8-2-1-3-9-19)30-28(34)35-17-25-23-12-6-4-10-21(23)22-11-5-7-13-24(22)25/h1-13,15,18,25-26H,14,16-17H2,(H,30,34)(H,32,33)/t26-/m0/s1. The maximum absolute atomic E-state index is 12.6. The van der Waals surface area contributed by atoms with Crippen molar-refractivity contribution in [2.24, 2.45) is 0 Å². The molecule has 5 rings (SSSR count). The van der Waals surface area contributed by atoms with E-state index in [1.165, 1.54) is 0 Å². The average Bonchev–Trinajstić information content (AvgIpc) is 3.44. The second kappa shape index (κ2) is 9.85. The molecule has 0 saturated carbocycles. The Balaban J connectivity index is 1.24. The predicted molar refractivity (Wildman–Crippen MR) is 131 cm³/mol. The first kappa shape index (κ1) is 22.4. The number of ether oxygens (including phenoxy) is 1. The molecule has 1 aliphatic rings. The number of nitrogens with one attached hydrogen (secondary N) is 1. The fourth-order valence-electron chi connectivity index (χ4n) is 4.63. The topological polar surface area (TPSA) is 93.5 Å². The fraction of sp³-hybridized carbons (Fsp3) is 0.179. The van der Waals surface area contributed by atoms with E-state index >= 15 is 0 Å². The molecule has 0 radical (unpaired) electrons. The fourth-order valence-corrected chi connectivity index (χ4v) is 4.63. The number of hydrogen-bond donors (Lipinski definition) is 2. The van der Waals surface area contributed by atoms with Crippen molar-refractivity contribution < 1.29 is 19.4 Å². The van der Waals surface area contributed by atoms with Gasteiger partial charge in [0, 0.05) is 30.8 Å². The number of carbonyl (C=O) groups is 2. The zero-order valence-electron chi connectivity index (χ0n) is 19.0. The molecule has 7 heteroatoms. The van der Waals surface area contributed by atoms with Crippen LogP contribution in [0, 0.1) is 0 Å². The summed E-state index contributed by atoms with van der Waals surface area (Å²) in [7, 11) is 0. The zero-order chi connectivity index (χ0) is 24.2. The molecule has 1 atom stereocenters. The third-order valence-electron chi connectivity index (χ3n) is 6.34. The molecule has 1 aliphatic carbocycles. The number of alkyl carbamates (subject to hydrolysis) is 1. The molecule has 0 aliphatic heterocycles. The number of aromatic nitrogens is 2. The molecule has 1 heterocycles. The third kappa shape index (κ3) is 4.80. The van der Waals surface area contributed by atoms with E-state index in [-0.39, 0.29) is 18.9 Å². The summed E-state index contributed by atoms with van der Waals surface area (Å²) >= 11 is 0. The molecule has 7 nitrogen and oxygen atoms in total. The number of carboxylic acid groups (broad SMARTS) is 1. The summed E-state index contributed by atoms with van der Waals surface area (Å²) in [5.41, 5.74) is 6.24. The van der Waals surface area contributed by atoms with Gasteiger partial charge >= 0.3 is 12.1 Å². The predicted octanol–water partition coefficient (Wildman–Crippen LogP) is 4.47. The van der Waals surface area contributed by atoms with Crippen LogP contribution >= 0.6 is 0 Å². The summed E-state index contributed by atoms with van der Waals surface area (Å²) in [6.45, 7) is 0.686. The lowest BCUT2D eigenvalue weighted by Gasteiger charge is -2.18. The van der Waals surface area contributed by atoms with Crippen molar-refractivity contribution in [3.8, 4) is 11.1 Å². The third-order valence-corrected chi connectivity index (χ3v) is 6.34. The Morgan fingerprint density at radius 1 is 0.943 bits per heavy atom. The van der Waals surface area contributed by atoms with Crippen molar-refractivity contribution in [2.75, 3.05) is 6.61 Å². The Labute approximate surface area is 203 Å². The SMILES string of the molecule is O=C(N[C@@H](Cc1cncn1Cc1ccccc1)C(=O)O)OCC1c2ccccc2-c2ccccc21. The van der Waals surface area contributed by atoms with Crippen molar-refractivity contribution in [3.05, 3.63) is 114 Å². The van der Waals surface area contributed by atoms with E-state index in [9.17, 15) is 14.7 Å². The van der Waals surface area contributed by atoms with Gasteiger partial charge < -0.3 is 19.7 Å². The highest BCUT2D eigenvalue weighted by atomic mass is 16.5. The van der Waals surface area contributed by atoms with Gasteiger partial charge in [0.2, 0.25) is 0 Å². The van der Waals surface area contributed by atoms with Crippen LogP contribution in [-0.2, 0) is 22.5 Å². The summed E-state index contributed by atoms with van der Waals surface area (Å²) < 4.78 is 7.41. The first-order valence-corrected chi connectivity index (χ1v) is 11.5. The number of carboxylic acids is 1. The van der Waals surface area contributed by atoms with E-state index in [1.807, 2.05) is 71.3 Å². The molecule has 1 amide bonds. The van der Waals surface area contributed by atoms with Crippen LogP contribution in [0.15, 0.2) is 91.4 Å². The highest BCUT2D eigenvalue weighted by Gasteiger charge is 2.30. The summed E-state index contributed by atoms with van der Waals surface area (Å²) in [4.78, 5) is 28.7. The first-order chi connectivity index (χ1) is 17.1. The van der Waals surface area contributed by atoms with Crippen molar-refractivity contribution in [1.29, 1.82) is 0 Å². The van der Waals surface area contributed by atoms with Gasteiger partial charge in [-0.2, -0.15) is 0 Å². The minimum Gasteiger partial charge on any atom is -0.480 e. The maximum Gasteiger partial charge on any atom is 0.407 e. The second-order valence-corrected chi connectivity index (χ2v) is 8.56. The number of benzene rings is 3. The zero-order valence-corrected chi connectivity index (χ0v) is 19.0. The number of amides is 1. The second-order valence-electron chi connectivity index (χ2n) is 8.56. The van der Waals surface area contributed by atoms with Crippen LogP contribution in [0.3, 0.4) is 0 Å². The number of aliphatic carboxylic acids is 1. The van der Waals surface area contributed by atoms with Gasteiger partial charge in [-0.25, -0.2) is 14.6 Å². The lowest BCUT2D eigenvalue weighted by molar-refractivity contribution is -0.139. The van der Waals surface area contributed by atoms with Gasteiger partial charge in [0.25, 0.3) is 0 Å². The molecule has 0 fully saturated rings.